The molecule has 0 saturated carbocycles. The van der Waals surface area contributed by atoms with Gasteiger partial charge in [0.15, 0.2) is 0 Å². The van der Waals surface area contributed by atoms with Gasteiger partial charge in [0.05, 0.1) is 18.9 Å². The quantitative estimate of drug-likeness (QED) is 0.523. The molecule has 0 fully saturated rings. The van der Waals surface area contributed by atoms with Crippen LogP contribution >= 0.6 is 0 Å². The Balaban J connectivity index is 1.58. The zero-order chi connectivity index (χ0) is 21.4. The molecule has 2 aliphatic rings. The molecule has 0 amide bonds. The fraction of sp³-hybridized carbons (Fsp3) is 0.261. The number of hydrogen-bond acceptors (Lipinski definition) is 5. The summed E-state index contributed by atoms with van der Waals surface area (Å²) in [6, 6.07) is 8.92. The molecule has 0 spiro atoms. The fourth-order valence-electron chi connectivity index (χ4n) is 4.14. The highest BCUT2D eigenvalue weighted by Gasteiger charge is 2.31. The lowest BCUT2D eigenvalue weighted by atomic mass is 9.96. The maximum absolute atomic E-state index is 14.5. The van der Waals surface area contributed by atoms with Gasteiger partial charge < -0.3 is 15.4 Å². The van der Waals surface area contributed by atoms with E-state index in [9.17, 15) is 8.78 Å². The van der Waals surface area contributed by atoms with E-state index in [4.69, 9.17) is 16.3 Å². The van der Waals surface area contributed by atoms with Gasteiger partial charge >= 0.3 is 0 Å². The third-order valence-electron chi connectivity index (χ3n) is 5.60. The molecule has 0 saturated heterocycles. The average Bonchev–Trinajstić information content (AvgIpc) is 3.17. The van der Waals surface area contributed by atoms with Crippen molar-refractivity contribution < 1.29 is 13.5 Å². The summed E-state index contributed by atoms with van der Waals surface area (Å²) in [5, 5.41) is 6.53. The van der Waals surface area contributed by atoms with Gasteiger partial charge in [0, 0.05) is 29.8 Å². The van der Waals surface area contributed by atoms with Gasteiger partial charge in [-0.2, -0.15) is 4.98 Å². The van der Waals surface area contributed by atoms with Crippen molar-refractivity contribution in [2.45, 2.75) is 25.2 Å². The van der Waals surface area contributed by atoms with Crippen molar-refractivity contribution in [2.24, 2.45) is 0 Å². The van der Waals surface area contributed by atoms with Gasteiger partial charge in [-0.15, -0.1) is 0 Å². The van der Waals surface area contributed by atoms with Gasteiger partial charge in [-0.3, -0.25) is 0 Å². The number of ether oxygens (including phenoxy) is 1. The standard InChI is InChI=1S/C23H19F2N5O/c1-26-19-8-4-14-12-20(19)31-10-2-9-27-22-17-7-6-16(21(17)29-23(28-14)30-22)15-5-3-13(24)11-18(15)25/h3-5,8,11-12,16H,2,6-7,9-10H2,(H2,27,28,29,30). The van der Waals surface area contributed by atoms with Crippen LogP contribution in [0.4, 0.5) is 31.9 Å². The van der Waals surface area contributed by atoms with Crippen molar-refractivity contribution in [2.75, 3.05) is 23.8 Å². The number of halogens is 2. The Bertz CT molecular complexity index is 1210. The Morgan fingerprint density at radius 3 is 2.87 bits per heavy atom. The normalized spacial score (nSPS) is 17.1. The number of benzene rings is 2. The summed E-state index contributed by atoms with van der Waals surface area (Å²) < 4.78 is 33.7. The Labute approximate surface area is 178 Å². The van der Waals surface area contributed by atoms with Gasteiger partial charge in [0.25, 0.3) is 0 Å². The largest absolute Gasteiger partial charge is 0.504 e. The van der Waals surface area contributed by atoms with Gasteiger partial charge in [-0.05, 0) is 43.0 Å². The predicted octanol–water partition coefficient (Wildman–Crippen LogP) is 5.32. The van der Waals surface area contributed by atoms with Gasteiger partial charge in [0.2, 0.25) is 11.6 Å². The van der Waals surface area contributed by atoms with Gasteiger partial charge in [-0.1, -0.05) is 12.1 Å². The number of fused-ring (bicyclic) bond motifs is 6. The van der Waals surface area contributed by atoms with E-state index < -0.39 is 11.6 Å². The summed E-state index contributed by atoms with van der Waals surface area (Å²) >= 11 is 0. The zero-order valence-electron chi connectivity index (χ0n) is 16.6. The lowest BCUT2D eigenvalue weighted by molar-refractivity contribution is 0.317. The molecular weight excluding hydrogens is 400 g/mol. The van der Waals surface area contributed by atoms with Gasteiger partial charge in [0.1, 0.15) is 23.2 Å². The zero-order valence-corrected chi connectivity index (χ0v) is 16.6. The fourth-order valence-corrected chi connectivity index (χ4v) is 4.14. The summed E-state index contributed by atoms with van der Waals surface area (Å²) in [5.74, 6) is 0.173. The van der Waals surface area contributed by atoms with Crippen LogP contribution in [0.2, 0.25) is 0 Å². The number of anilines is 3. The lowest BCUT2D eigenvalue weighted by Crippen LogP contribution is -2.13. The number of rotatable bonds is 1. The third-order valence-corrected chi connectivity index (χ3v) is 5.60. The van der Waals surface area contributed by atoms with Crippen LogP contribution in [-0.4, -0.2) is 23.1 Å². The number of nitrogens with one attached hydrogen (secondary N) is 2. The van der Waals surface area contributed by atoms with Crippen molar-refractivity contribution in [3.8, 4) is 5.75 Å². The van der Waals surface area contributed by atoms with Crippen LogP contribution in [0.1, 0.15) is 35.6 Å². The second-order valence-corrected chi connectivity index (χ2v) is 7.56. The van der Waals surface area contributed by atoms with Gasteiger partial charge in [-0.25, -0.2) is 18.6 Å². The van der Waals surface area contributed by atoms with Crippen LogP contribution in [-0.2, 0) is 6.42 Å². The molecule has 1 atom stereocenters. The third kappa shape index (κ3) is 3.63. The first-order valence-electron chi connectivity index (χ1n) is 10.1. The molecule has 1 aliphatic heterocycles. The van der Waals surface area contributed by atoms with E-state index in [-0.39, 0.29) is 5.92 Å². The maximum Gasteiger partial charge on any atom is 0.229 e. The van der Waals surface area contributed by atoms with E-state index in [1.54, 1.807) is 18.2 Å². The predicted molar refractivity (Wildman–Crippen MR) is 113 cm³/mol. The molecule has 31 heavy (non-hydrogen) atoms. The van der Waals surface area contributed by atoms with Crippen LogP contribution in [0.15, 0.2) is 36.4 Å². The minimum Gasteiger partial charge on any atom is -0.504 e. The Morgan fingerprint density at radius 2 is 2.03 bits per heavy atom. The van der Waals surface area contributed by atoms with E-state index in [0.717, 1.165) is 29.6 Å². The van der Waals surface area contributed by atoms with E-state index in [1.807, 2.05) is 0 Å². The van der Waals surface area contributed by atoms with Crippen LogP contribution in [0.5, 0.6) is 5.75 Å². The molecule has 5 rings (SSSR count). The first-order chi connectivity index (χ1) is 15.1. The first kappa shape index (κ1) is 19.2. The highest BCUT2D eigenvalue weighted by molar-refractivity contribution is 5.68. The molecular formula is C23H19F2N5O. The molecule has 0 radical (unpaired) electrons. The maximum atomic E-state index is 14.5. The highest BCUT2D eigenvalue weighted by atomic mass is 19.1. The second kappa shape index (κ2) is 7.84. The topological polar surface area (TPSA) is 63.4 Å². The molecule has 2 N–H and O–H groups in total. The smallest absolute Gasteiger partial charge is 0.229 e. The van der Waals surface area contributed by atoms with Crippen molar-refractivity contribution >= 4 is 23.1 Å². The van der Waals surface area contributed by atoms with E-state index >= 15 is 0 Å². The molecule has 8 heteroatoms. The second-order valence-electron chi connectivity index (χ2n) is 7.56. The SMILES string of the molecule is [C-]#[N+]c1ccc2cc1OCCCNc1nc(nc3c1CCC3c1ccc(F)cc1F)N2. The molecule has 3 aromatic rings. The van der Waals surface area contributed by atoms with Crippen LogP contribution in [0, 0.1) is 18.2 Å². The van der Waals surface area contributed by atoms with Crippen LogP contribution in [0.3, 0.4) is 0 Å². The molecule has 4 bridgehead atoms. The summed E-state index contributed by atoms with van der Waals surface area (Å²) in [7, 11) is 0. The first-order valence-corrected chi connectivity index (χ1v) is 10.1. The van der Waals surface area contributed by atoms with E-state index in [0.29, 0.717) is 54.6 Å². The number of aromatic nitrogens is 2. The van der Waals surface area contributed by atoms with E-state index in [1.165, 1.54) is 12.1 Å². The average molecular weight is 419 g/mol. The minimum atomic E-state index is -0.595. The molecule has 2 aromatic carbocycles. The Kier molecular flexibility index (Phi) is 4.86. The van der Waals surface area contributed by atoms with Crippen molar-refractivity contribution in [3.05, 3.63) is 76.3 Å². The molecule has 156 valence electrons. The summed E-state index contributed by atoms with van der Waals surface area (Å²) in [6.45, 7) is 8.41. The van der Waals surface area contributed by atoms with Crippen molar-refractivity contribution in [1.82, 2.24) is 9.97 Å². The Hall–Kier alpha value is -3.73. The summed E-state index contributed by atoms with van der Waals surface area (Å²) in [5.41, 5.74) is 3.28. The molecule has 6 nitrogen and oxygen atoms in total. The number of nitrogens with zero attached hydrogens (tertiary/aromatic N) is 3. The van der Waals surface area contributed by atoms with Crippen LogP contribution < -0.4 is 15.4 Å². The van der Waals surface area contributed by atoms with E-state index in [2.05, 4.69) is 20.5 Å². The molecule has 1 aromatic heterocycles. The minimum absolute atomic E-state index is 0.268. The molecule has 1 unspecified atom stereocenters. The van der Waals surface area contributed by atoms with Crippen molar-refractivity contribution in [1.29, 1.82) is 0 Å². The summed E-state index contributed by atoms with van der Waals surface area (Å²) in [4.78, 5) is 12.9. The molecule has 2 heterocycles. The number of hydrogen-bond donors (Lipinski definition) is 2. The molecule has 1 aliphatic carbocycles. The van der Waals surface area contributed by atoms with Crippen molar-refractivity contribution in [3.63, 3.8) is 0 Å². The monoisotopic (exact) mass is 419 g/mol. The lowest BCUT2D eigenvalue weighted by Gasteiger charge is -2.18. The Morgan fingerprint density at radius 1 is 1.13 bits per heavy atom. The summed E-state index contributed by atoms with van der Waals surface area (Å²) in [6.07, 6.45) is 2.11. The highest BCUT2D eigenvalue weighted by Crippen LogP contribution is 2.41. The van der Waals surface area contributed by atoms with Crippen LogP contribution in [0.25, 0.3) is 4.85 Å².